The molecule has 1 aromatic carbocycles. The number of fused-ring (bicyclic) bond motifs is 1. The highest BCUT2D eigenvalue weighted by molar-refractivity contribution is 7.99. The van der Waals surface area contributed by atoms with Crippen LogP contribution in [0.5, 0.6) is 0 Å². The predicted octanol–water partition coefficient (Wildman–Crippen LogP) is 2.83. The van der Waals surface area contributed by atoms with Gasteiger partial charge < -0.3 is 5.73 Å². The second kappa shape index (κ2) is 5.70. The Labute approximate surface area is 142 Å². The lowest BCUT2D eigenvalue weighted by Crippen LogP contribution is -2.06. The Morgan fingerprint density at radius 3 is 2.65 bits per heavy atom. The second-order valence-corrected chi connectivity index (χ2v) is 7.89. The van der Waals surface area contributed by atoms with Crippen molar-refractivity contribution in [2.45, 2.75) is 21.7 Å². The molecule has 0 spiro atoms. The third-order valence-electron chi connectivity index (χ3n) is 3.26. The average Bonchev–Trinajstić information content (AvgIpc) is 2.87. The summed E-state index contributed by atoms with van der Waals surface area (Å²) in [4.78, 5) is 4.36. The average molecular weight is 369 g/mol. The lowest BCUT2D eigenvalue weighted by Gasteiger charge is -2.06. The zero-order valence-corrected chi connectivity index (χ0v) is 14.7. The fourth-order valence-electron chi connectivity index (χ4n) is 2.27. The van der Waals surface area contributed by atoms with Crippen LogP contribution in [0.4, 0.5) is 5.82 Å². The third-order valence-corrected chi connectivity index (χ3v) is 6.35. The molecule has 0 bridgehead atoms. The van der Waals surface area contributed by atoms with E-state index in [0.29, 0.717) is 16.5 Å². The highest BCUT2D eigenvalue weighted by Crippen LogP contribution is 2.35. The van der Waals surface area contributed by atoms with Crippen LogP contribution in [-0.2, 0) is 9.84 Å². The van der Waals surface area contributed by atoms with Crippen molar-refractivity contribution in [1.29, 1.82) is 0 Å². The normalized spacial score (nSPS) is 12.0. The number of nitrogen functional groups attached to an aromatic ring is 1. The second-order valence-electron chi connectivity index (χ2n) is 4.83. The number of sulfone groups is 1. The molecule has 0 saturated carbocycles. The minimum atomic E-state index is -3.88. The van der Waals surface area contributed by atoms with Gasteiger partial charge in [0.25, 0.3) is 0 Å². The Kier molecular flexibility index (Phi) is 3.99. The number of thioether (sulfide) groups is 1. The van der Waals surface area contributed by atoms with Crippen molar-refractivity contribution < 1.29 is 8.42 Å². The molecule has 23 heavy (non-hydrogen) atoms. The first kappa shape index (κ1) is 16.1. The molecule has 0 fully saturated rings. The highest BCUT2D eigenvalue weighted by atomic mass is 35.5. The molecular weight excluding hydrogens is 356 g/mol. The number of halogens is 1. The lowest BCUT2D eigenvalue weighted by atomic mass is 10.4. The van der Waals surface area contributed by atoms with Crippen LogP contribution in [0.15, 0.2) is 45.1 Å². The van der Waals surface area contributed by atoms with Crippen molar-refractivity contribution >= 4 is 44.7 Å². The summed E-state index contributed by atoms with van der Waals surface area (Å²) in [6, 6.07) is 7.93. The maximum Gasteiger partial charge on any atom is 0.214 e. The van der Waals surface area contributed by atoms with E-state index in [0.717, 1.165) is 0 Å². The Hall–Kier alpha value is -1.77. The fourth-order valence-corrected chi connectivity index (χ4v) is 5.17. The Balaban J connectivity index is 2.42. The van der Waals surface area contributed by atoms with Crippen molar-refractivity contribution in [2.24, 2.45) is 0 Å². The summed E-state index contributed by atoms with van der Waals surface area (Å²) in [7, 11) is -3.88. The minimum absolute atomic E-state index is 0.0218. The number of aromatic nitrogens is 3. The van der Waals surface area contributed by atoms with E-state index in [4.69, 9.17) is 17.3 Å². The maximum atomic E-state index is 13.1. The molecule has 2 N–H and O–H groups in total. The summed E-state index contributed by atoms with van der Waals surface area (Å²) >= 11 is 7.29. The predicted molar refractivity (Wildman–Crippen MR) is 90.8 cm³/mol. The van der Waals surface area contributed by atoms with Gasteiger partial charge in [0.05, 0.1) is 9.92 Å². The van der Waals surface area contributed by atoms with Gasteiger partial charge in [-0.1, -0.05) is 23.7 Å². The van der Waals surface area contributed by atoms with Crippen LogP contribution in [-0.4, -0.2) is 29.3 Å². The minimum Gasteiger partial charge on any atom is -0.384 e. The number of nitrogens with two attached hydrogens (primary N) is 1. The number of rotatable bonds is 3. The molecule has 0 aliphatic carbocycles. The first-order chi connectivity index (χ1) is 10.9. The van der Waals surface area contributed by atoms with E-state index in [1.807, 2.05) is 0 Å². The van der Waals surface area contributed by atoms with Crippen molar-refractivity contribution in [3.63, 3.8) is 0 Å². The molecule has 2 aromatic heterocycles. The monoisotopic (exact) mass is 368 g/mol. The van der Waals surface area contributed by atoms with Crippen molar-refractivity contribution in [2.75, 3.05) is 12.0 Å². The Morgan fingerprint density at radius 2 is 2.00 bits per heavy atom. The van der Waals surface area contributed by atoms with Crippen molar-refractivity contribution in [1.82, 2.24) is 14.6 Å². The molecule has 0 amide bonds. The molecule has 2 heterocycles. The quantitative estimate of drug-likeness (QED) is 0.715. The summed E-state index contributed by atoms with van der Waals surface area (Å²) in [5, 5.41) is 4.74. The molecule has 0 saturated heterocycles. The van der Waals surface area contributed by atoms with Crippen LogP contribution in [0.1, 0.15) is 5.69 Å². The van der Waals surface area contributed by atoms with Gasteiger partial charge in [0.15, 0.2) is 10.5 Å². The van der Waals surface area contributed by atoms with Crippen LogP contribution in [0, 0.1) is 6.92 Å². The van der Waals surface area contributed by atoms with Gasteiger partial charge in [-0.15, -0.1) is 11.8 Å². The van der Waals surface area contributed by atoms with Gasteiger partial charge in [0, 0.05) is 11.8 Å². The highest BCUT2D eigenvalue weighted by Gasteiger charge is 2.30. The summed E-state index contributed by atoms with van der Waals surface area (Å²) in [5.74, 6) is 0.323. The fraction of sp³-hybridized carbons (Fsp3) is 0.143. The van der Waals surface area contributed by atoms with E-state index in [2.05, 4.69) is 10.1 Å². The zero-order chi connectivity index (χ0) is 16.8. The molecule has 0 aliphatic rings. The van der Waals surface area contributed by atoms with Crippen LogP contribution in [0.25, 0.3) is 5.65 Å². The number of hydrogen-bond acceptors (Lipinski definition) is 6. The van der Waals surface area contributed by atoms with E-state index < -0.39 is 9.84 Å². The maximum absolute atomic E-state index is 13.1. The molecule has 0 aliphatic heterocycles. The van der Waals surface area contributed by atoms with Gasteiger partial charge >= 0.3 is 0 Å². The number of benzene rings is 1. The van der Waals surface area contributed by atoms with Gasteiger partial charge in [0.1, 0.15) is 10.8 Å². The van der Waals surface area contributed by atoms with Crippen molar-refractivity contribution in [3.05, 3.63) is 41.0 Å². The molecule has 3 aromatic rings. The van der Waals surface area contributed by atoms with Crippen molar-refractivity contribution in [3.8, 4) is 0 Å². The molecule has 0 atom stereocenters. The third kappa shape index (κ3) is 2.56. The summed E-state index contributed by atoms with van der Waals surface area (Å²) in [5.41, 5.74) is 6.75. The van der Waals surface area contributed by atoms with E-state index in [-0.39, 0.29) is 20.5 Å². The smallest absolute Gasteiger partial charge is 0.214 e. The summed E-state index contributed by atoms with van der Waals surface area (Å²) in [6.07, 6.45) is 1.75. The molecule has 0 unspecified atom stereocenters. The van der Waals surface area contributed by atoms with Crippen LogP contribution in [0.2, 0.25) is 5.02 Å². The van der Waals surface area contributed by atoms with Gasteiger partial charge in [-0.2, -0.15) is 9.61 Å². The Morgan fingerprint density at radius 1 is 1.30 bits per heavy atom. The van der Waals surface area contributed by atoms with Crippen LogP contribution >= 0.6 is 23.4 Å². The SMILES string of the molecule is CSc1nn2c(N)cc(C)nc2c1S(=O)(=O)c1ccccc1Cl. The summed E-state index contributed by atoms with van der Waals surface area (Å²) < 4.78 is 27.5. The number of aryl methyl sites for hydroxylation is 1. The summed E-state index contributed by atoms with van der Waals surface area (Å²) in [6.45, 7) is 1.74. The molecule has 120 valence electrons. The largest absolute Gasteiger partial charge is 0.384 e. The van der Waals surface area contributed by atoms with Gasteiger partial charge in [-0.05, 0) is 25.3 Å². The van der Waals surface area contributed by atoms with E-state index in [1.54, 1.807) is 31.4 Å². The van der Waals surface area contributed by atoms with Crippen LogP contribution in [0.3, 0.4) is 0 Å². The van der Waals surface area contributed by atoms with E-state index in [9.17, 15) is 8.42 Å². The number of hydrogen-bond donors (Lipinski definition) is 1. The molecule has 3 rings (SSSR count). The first-order valence-electron chi connectivity index (χ1n) is 6.55. The molecule has 9 heteroatoms. The standard InChI is InChI=1S/C14H13ClN4O2S2/c1-8-7-11(16)19-13(17-8)12(14(18-19)22-2)23(20,21)10-6-4-3-5-9(10)15/h3-7H,16H2,1-2H3. The van der Waals surface area contributed by atoms with E-state index >= 15 is 0 Å². The number of nitrogens with zero attached hydrogens (tertiary/aromatic N) is 3. The number of anilines is 1. The van der Waals surface area contributed by atoms with Gasteiger partial charge in [-0.25, -0.2) is 13.4 Å². The van der Waals surface area contributed by atoms with Gasteiger partial charge in [0.2, 0.25) is 9.84 Å². The molecule has 6 nitrogen and oxygen atoms in total. The first-order valence-corrected chi connectivity index (χ1v) is 9.64. The van der Waals surface area contributed by atoms with Gasteiger partial charge in [-0.3, -0.25) is 0 Å². The topological polar surface area (TPSA) is 90.3 Å². The Bertz CT molecular complexity index is 1020. The lowest BCUT2D eigenvalue weighted by molar-refractivity contribution is 0.594. The van der Waals surface area contributed by atoms with Crippen LogP contribution < -0.4 is 5.73 Å². The molecule has 0 radical (unpaired) electrons. The molecular formula is C14H13ClN4O2S2. The zero-order valence-electron chi connectivity index (χ0n) is 12.3. The van der Waals surface area contributed by atoms with E-state index in [1.165, 1.54) is 28.4 Å².